The molecule has 2 aromatic heterocycles. The number of methoxy groups -OCH3 is 1. The Kier molecular flexibility index (Phi) is 8.52. The van der Waals surface area contributed by atoms with Gasteiger partial charge in [-0.25, -0.2) is 0 Å². The molecule has 0 atom stereocenters. The van der Waals surface area contributed by atoms with Gasteiger partial charge in [-0.2, -0.15) is 13.2 Å². The smallest absolute Gasteiger partial charge is 0.449 e. The van der Waals surface area contributed by atoms with Gasteiger partial charge in [-0.05, 0) is 78.1 Å². The largest absolute Gasteiger partial charge is 0.495 e. The summed E-state index contributed by atoms with van der Waals surface area (Å²) in [5, 5.41) is 11.8. The maximum atomic E-state index is 13.3. The highest BCUT2D eigenvalue weighted by Crippen LogP contribution is 2.34. The normalized spacial score (nSPS) is 12.2. The lowest BCUT2D eigenvalue weighted by atomic mass is 9.83. The zero-order valence-corrected chi connectivity index (χ0v) is 24.9. The Balaban J connectivity index is 1.50. The summed E-state index contributed by atoms with van der Waals surface area (Å²) < 4.78 is 50.8. The van der Waals surface area contributed by atoms with Crippen LogP contribution in [0.5, 0.6) is 5.75 Å². The number of benzene rings is 3. The van der Waals surface area contributed by atoms with Crippen LogP contribution in [0.3, 0.4) is 0 Å². The Morgan fingerprint density at radius 3 is 2.41 bits per heavy atom. The van der Waals surface area contributed by atoms with Crippen LogP contribution in [0, 0.1) is 6.92 Å². The quantitative estimate of drug-likeness (QED) is 0.173. The average molecular weight is 603 g/mol. The molecule has 0 spiro atoms. The molecule has 0 bridgehead atoms. The van der Waals surface area contributed by atoms with Gasteiger partial charge in [-0.15, -0.1) is 0 Å². The molecule has 0 fully saturated rings. The number of carboxylic acid groups (broad SMARTS) is 1. The molecule has 44 heavy (non-hydrogen) atoms. The van der Waals surface area contributed by atoms with Crippen LogP contribution in [0.1, 0.15) is 47.8 Å². The van der Waals surface area contributed by atoms with Crippen molar-refractivity contribution in [1.82, 2.24) is 9.88 Å². The fourth-order valence-electron chi connectivity index (χ4n) is 5.23. The molecule has 5 rings (SSSR count). The van der Waals surface area contributed by atoms with Gasteiger partial charge in [0.1, 0.15) is 11.5 Å². The molecule has 0 aliphatic carbocycles. The number of aryl methyl sites for hydroxylation is 1. The van der Waals surface area contributed by atoms with Gasteiger partial charge >= 0.3 is 12.1 Å². The minimum Gasteiger partial charge on any atom is -0.495 e. The monoisotopic (exact) mass is 602 g/mol. The molecule has 2 heterocycles. The van der Waals surface area contributed by atoms with E-state index in [0.29, 0.717) is 23.6 Å². The van der Waals surface area contributed by atoms with Crippen molar-refractivity contribution in [2.24, 2.45) is 0 Å². The first-order valence-electron chi connectivity index (χ1n) is 14.1. The Labute approximate surface area is 253 Å². The number of aromatic nitrogens is 1. The number of hydrogen-bond donors (Lipinski definition) is 1. The summed E-state index contributed by atoms with van der Waals surface area (Å²) in [5.41, 5.74) is 3.81. The number of pyridine rings is 1. The van der Waals surface area contributed by atoms with E-state index in [2.05, 4.69) is 6.07 Å². The number of halogens is 3. The molecule has 0 saturated carbocycles. The molecule has 1 N–H and O–H groups in total. The molecule has 0 radical (unpaired) electrons. The van der Waals surface area contributed by atoms with Gasteiger partial charge in [-0.3, -0.25) is 14.7 Å². The zero-order valence-electron chi connectivity index (χ0n) is 24.9. The SMILES string of the molecule is COc1cc(-c2cccc(C(C)(C)C(=O)O)c2)cnc1CN(Cc1ccc(C(F)(F)F)o1)Cc1c(C)ccc2ccccc12. The van der Waals surface area contributed by atoms with E-state index < -0.39 is 23.3 Å². The summed E-state index contributed by atoms with van der Waals surface area (Å²) in [6.45, 7) is 6.12. The van der Waals surface area contributed by atoms with Crippen LogP contribution >= 0.6 is 0 Å². The van der Waals surface area contributed by atoms with Crippen LogP contribution in [0.2, 0.25) is 0 Å². The molecule has 6 nitrogen and oxygen atoms in total. The van der Waals surface area contributed by atoms with Gasteiger partial charge in [0.25, 0.3) is 0 Å². The highest BCUT2D eigenvalue weighted by atomic mass is 19.4. The Hall–Kier alpha value is -4.63. The van der Waals surface area contributed by atoms with Crippen molar-refractivity contribution in [2.45, 2.75) is 52.0 Å². The first kappa shape index (κ1) is 30.8. The number of fused-ring (bicyclic) bond motifs is 1. The van der Waals surface area contributed by atoms with Gasteiger partial charge < -0.3 is 14.3 Å². The highest BCUT2D eigenvalue weighted by Gasteiger charge is 2.35. The number of hydrogen-bond acceptors (Lipinski definition) is 5. The lowest BCUT2D eigenvalue weighted by molar-refractivity contribution is -0.153. The molecule has 9 heteroatoms. The van der Waals surface area contributed by atoms with Crippen LogP contribution in [-0.2, 0) is 36.0 Å². The molecule has 0 unspecified atom stereocenters. The zero-order chi connectivity index (χ0) is 31.6. The molecular weight excluding hydrogens is 569 g/mol. The lowest BCUT2D eigenvalue weighted by Gasteiger charge is -2.24. The molecule has 5 aromatic rings. The van der Waals surface area contributed by atoms with E-state index in [4.69, 9.17) is 14.1 Å². The Morgan fingerprint density at radius 2 is 1.70 bits per heavy atom. The fourth-order valence-corrected chi connectivity index (χ4v) is 5.23. The van der Waals surface area contributed by atoms with Crippen molar-refractivity contribution in [2.75, 3.05) is 7.11 Å². The number of ether oxygens (including phenoxy) is 1. The second-order valence-electron chi connectivity index (χ2n) is 11.4. The number of rotatable bonds is 10. The van der Waals surface area contributed by atoms with Crippen molar-refractivity contribution >= 4 is 16.7 Å². The van der Waals surface area contributed by atoms with Crippen LogP contribution < -0.4 is 4.74 Å². The lowest BCUT2D eigenvalue weighted by Crippen LogP contribution is -2.28. The van der Waals surface area contributed by atoms with Crippen molar-refractivity contribution in [3.05, 3.63) is 119 Å². The predicted octanol–water partition coefficient (Wildman–Crippen LogP) is 8.40. The molecule has 0 aliphatic rings. The van der Waals surface area contributed by atoms with E-state index in [1.165, 1.54) is 13.2 Å². The van der Waals surface area contributed by atoms with Crippen LogP contribution in [0.4, 0.5) is 13.2 Å². The molecule has 0 saturated heterocycles. The van der Waals surface area contributed by atoms with E-state index in [-0.39, 0.29) is 18.8 Å². The van der Waals surface area contributed by atoms with Crippen LogP contribution in [0.15, 0.2) is 89.5 Å². The topological polar surface area (TPSA) is 75.8 Å². The van der Waals surface area contributed by atoms with E-state index in [1.54, 1.807) is 26.1 Å². The first-order valence-corrected chi connectivity index (χ1v) is 14.1. The second-order valence-corrected chi connectivity index (χ2v) is 11.4. The van der Waals surface area contributed by atoms with E-state index in [0.717, 1.165) is 39.1 Å². The third-order valence-electron chi connectivity index (χ3n) is 7.95. The summed E-state index contributed by atoms with van der Waals surface area (Å²) in [6, 6.07) is 23.5. The van der Waals surface area contributed by atoms with Crippen molar-refractivity contribution in [3.63, 3.8) is 0 Å². The average Bonchev–Trinajstić information content (AvgIpc) is 3.48. The molecule has 228 valence electrons. The number of aliphatic carboxylic acids is 1. The highest BCUT2D eigenvalue weighted by molar-refractivity contribution is 5.86. The summed E-state index contributed by atoms with van der Waals surface area (Å²) in [4.78, 5) is 18.5. The molecular formula is C35H33F3N2O4. The van der Waals surface area contributed by atoms with Gasteiger partial charge in [0, 0.05) is 24.8 Å². The van der Waals surface area contributed by atoms with Crippen LogP contribution in [0.25, 0.3) is 21.9 Å². The predicted molar refractivity (Wildman–Crippen MR) is 162 cm³/mol. The number of nitrogens with zero attached hydrogens (tertiary/aromatic N) is 2. The van der Waals surface area contributed by atoms with E-state index >= 15 is 0 Å². The summed E-state index contributed by atoms with van der Waals surface area (Å²) in [6.07, 6.45) is -2.88. The summed E-state index contributed by atoms with van der Waals surface area (Å²) >= 11 is 0. The summed E-state index contributed by atoms with van der Waals surface area (Å²) in [5.74, 6) is -1.28. The number of furan rings is 1. The number of alkyl halides is 3. The first-order chi connectivity index (χ1) is 20.9. The van der Waals surface area contributed by atoms with E-state index in [9.17, 15) is 23.1 Å². The third-order valence-corrected chi connectivity index (χ3v) is 7.95. The van der Waals surface area contributed by atoms with Crippen molar-refractivity contribution in [3.8, 4) is 16.9 Å². The Morgan fingerprint density at radius 1 is 0.932 bits per heavy atom. The second kappa shape index (κ2) is 12.2. The standard InChI is InChI=1S/C35H33F3N2O4/c1-22-12-13-23-8-5-6-11-28(23)29(22)20-40(19-27-14-15-32(44-27)35(36,37)38)21-30-31(43-4)17-25(18-39-30)24-9-7-10-26(16-24)34(2,3)33(41)42/h5-18H,19-21H2,1-4H3,(H,41,42). The minimum atomic E-state index is -4.58. The van der Waals surface area contributed by atoms with Crippen molar-refractivity contribution < 1.29 is 32.2 Å². The van der Waals surface area contributed by atoms with Gasteiger partial charge in [-0.1, -0.05) is 54.6 Å². The van der Waals surface area contributed by atoms with Gasteiger partial charge in [0.05, 0.1) is 24.8 Å². The maximum Gasteiger partial charge on any atom is 0.449 e. The summed E-state index contributed by atoms with van der Waals surface area (Å²) in [7, 11) is 1.54. The van der Waals surface area contributed by atoms with Gasteiger partial charge in [0.2, 0.25) is 5.76 Å². The van der Waals surface area contributed by atoms with Crippen molar-refractivity contribution in [1.29, 1.82) is 0 Å². The minimum absolute atomic E-state index is 0.109. The number of carbonyl (C=O) groups is 1. The molecule has 3 aromatic carbocycles. The third kappa shape index (κ3) is 6.48. The molecule has 0 aliphatic heterocycles. The Bertz CT molecular complexity index is 1810. The van der Waals surface area contributed by atoms with Gasteiger partial charge in [0.15, 0.2) is 0 Å². The van der Waals surface area contributed by atoms with E-state index in [1.807, 2.05) is 66.4 Å². The van der Waals surface area contributed by atoms with Crippen LogP contribution in [-0.4, -0.2) is 28.1 Å². The maximum absolute atomic E-state index is 13.3. The number of carboxylic acids is 1. The molecule has 0 amide bonds. The fraction of sp³-hybridized carbons (Fsp3) is 0.257.